The van der Waals surface area contributed by atoms with Crippen molar-refractivity contribution < 1.29 is 5.11 Å². The summed E-state index contributed by atoms with van der Waals surface area (Å²) >= 11 is 5.36. The minimum Gasteiger partial charge on any atom is -0.506 e. The van der Waals surface area contributed by atoms with Crippen LogP contribution < -0.4 is 0 Å². The predicted molar refractivity (Wildman–Crippen MR) is 35.9 cm³/mol. The van der Waals surface area contributed by atoms with Gasteiger partial charge in [-0.05, 0) is 12.2 Å². The predicted octanol–water partition coefficient (Wildman–Crippen LogP) is 2.37. The maximum absolute atomic E-state index is 8.68. The number of hydrogen-bond acceptors (Lipinski definition) is 1. The van der Waals surface area contributed by atoms with Gasteiger partial charge < -0.3 is 5.11 Å². The fourth-order valence-corrected chi connectivity index (χ4v) is 0.279. The Hall–Kier alpha value is -0.690. The Morgan fingerprint density at radius 3 is 2.00 bits per heavy atom. The molecular weight excluding hydrogens is 124 g/mol. The van der Waals surface area contributed by atoms with Gasteiger partial charge in [-0.3, -0.25) is 0 Å². The summed E-state index contributed by atoms with van der Waals surface area (Å²) in [6, 6.07) is 0. The van der Waals surface area contributed by atoms with Crippen LogP contribution in [-0.2, 0) is 0 Å². The maximum atomic E-state index is 8.68. The third kappa shape index (κ3) is 1.85. The molecular formula is C6H7ClO. The second-order valence-electron chi connectivity index (χ2n) is 1.14. The third-order valence-electron chi connectivity index (χ3n) is 0.617. The van der Waals surface area contributed by atoms with Crippen LogP contribution >= 0.6 is 11.6 Å². The maximum Gasteiger partial charge on any atom is 0.133 e. The molecule has 0 spiro atoms. The first-order valence-electron chi connectivity index (χ1n) is 2.06. The first-order chi connectivity index (χ1) is 3.72. The Morgan fingerprint density at radius 2 is 1.88 bits per heavy atom. The van der Waals surface area contributed by atoms with E-state index in [9.17, 15) is 0 Å². The van der Waals surface area contributed by atoms with Gasteiger partial charge in [-0.15, -0.1) is 0 Å². The second-order valence-corrected chi connectivity index (χ2v) is 1.55. The average Bonchev–Trinajstić information content (AvgIpc) is 1.84. The highest BCUT2D eigenvalue weighted by Crippen LogP contribution is 2.07. The van der Waals surface area contributed by atoms with Crippen molar-refractivity contribution in [1.29, 1.82) is 0 Å². The van der Waals surface area contributed by atoms with Crippen molar-refractivity contribution in [3.05, 3.63) is 36.1 Å². The molecule has 44 valence electrons. The number of allylic oxidation sites excluding steroid dienone is 3. The summed E-state index contributed by atoms with van der Waals surface area (Å²) in [5.41, 5.74) is 0. The van der Waals surface area contributed by atoms with E-state index in [-0.39, 0.29) is 10.8 Å². The van der Waals surface area contributed by atoms with Crippen LogP contribution in [-0.4, -0.2) is 5.11 Å². The number of hydrogen-bond donors (Lipinski definition) is 1. The van der Waals surface area contributed by atoms with Crippen LogP contribution in [0.1, 0.15) is 0 Å². The van der Waals surface area contributed by atoms with Gasteiger partial charge in [-0.25, -0.2) is 0 Å². The molecule has 0 aromatic carbocycles. The van der Waals surface area contributed by atoms with Gasteiger partial charge in [0, 0.05) is 0 Å². The molecule has 0 radical (unpaired) electrons. The Morgan fingerprint density at radius 1 is 1.38 bits per heavy atom. The Bertz CT molecular complexity index is 119. The number of halogens is 1. The van der Waals surface area contributed by atoms with Gasteiger partial charge in [-0.1, -0.05) is 24.8 Å². The molecule has 8 heavy (non-hydrogen) atoms. The van der Waals surface area contributed by atoms with Crippen LogP contribution in [0, 0.1) is 0 Å². The van der Waals surface area contributed by atoms with E-state index in [1.54, 1.807) is 0 Å². The summed E-state index contributed by atoms with van der Waals surface area (Å²) in [5.74, 6) is -0.0401. The Balaban J connectivity index is 4.25. The standard InChI is InChI=1S/C6H7ClO/c1-3-5(7)6(8)4-2/h3-4,8H,1-2H2/b6-5-. The largest absolute Gasteiger partial charge is 0.506 e. The Kier molecular flexibility index (Phi) is 3.04. The van der Waals surface area contributed by atoms with Crippen molar-refractivity contribution in [3.8, 4) is 0 Å². The van der Waals surface area contributed by atoms with Crippen molar-refractivity contribution >= 4 is 11.6 Å². The van der Waals surface area contributed by atoms with E-state index in [2.05, 4.69) is 13.2 Å². The lowest BCUT2D eigenvalue weighted by atomic mass is 10.4. The molecule has 0 fully saturated rings. The van der Waals surface area contributed by atoms with Gasteiger partial charge in [0.2, 0.25) is 0 Å². The summed E-state index contributed by atoms with van der Waals surface area (Å²) in [4.78, 5) is 0. The second kappa shape index (κ2) is 3.33. The summed E-state index contributed by atoms with van der Waals surface area (Å²) in [5, 5.41) is 8.91. The fourth-order valence-electron chi connectivity index (χ4n) is 0.202. The first kappa shape index (κ1) is 7.31. The smallest absolute Gasteiger partial charge is 0.133 e. The molecule has 0 unspecified atom stereocenters. The van der Waals surface area contributed by atoms with Crippen LogP contribution in [0.4, 0.5) is 0 Å². The van der Waals surface area contributed by atoms with Crippen molar-refractivity contribution in [1.82, 2.24) is 0 Å². The SMILES string of the molecule is C=C/C(O)=C(/Cl)C=C. The first-order valence-corrected chi connectivity index (χ1v) is 2.43. The number of rotatable bonds is 2. The van der Waals surface area contributed by atoms with E-state index < -0.39 is 0 Å². The lowest BCUT2D eigenvalue weighted by Gasteiger charge is -1.88. The number of aliphatic hydroxyl groups excluding tert-OH is 1. The van der Waals surface area contributed by atoms with E-state index in [0.29, 0.717) is 0 Å². The quantitative estimate of drug-likeness (QED) is 0.450. The van der Waals surface area contributed by atoms with E-state index in [0.717, 1.165) is 0 Å². The zero-order valence-corrected chi connectivity index (χ0v) is 5.15. The van der Waals surface area contributed by atoms with E-state index in [1.807, 2.05) is 0 Å². The topological polar surface area (TPSA) is 20.2 Å². The average molecular weight is 131 g/mol. The van der Waals surface area contributed by atoms with Crippen molar-refractivity contribution in [2.45, 2.75) is 0 Å². The number of aliphatic hydroxyl groups is 1. The zero-order valence-electron chi connectivity index (χ0n) is 4.39. The highest BCUT2D eigenvalue weighted by molar-refractivity contribution is 6.31. The monoisotopic (exact) mass is 130 g/mol. The molecule has 1 N–H and O–H groups in total. The zero-order chi connectivity index (χ0) is 6.57. The molecule has 0 rings (SSSR count). The molecule has 1 nitrogen and oxygen atoms in total. The summed E-state index contributed by atoms with van der Waals surface area (Å²) < 4.78 is 0. The van der Waals surface area contributed by atoms with E-state index in [1.165, 1.54) is 12.2 Å². The third-order valence-corrected chi connectivity index (χ3v) is 0.965. The van der Waals surface area contributed by atoms with Crippen LogP contribution in [0.15, 0.2) is 36.1 Å². The lowest BCUT2D eigenvalue weighted by Crippen LogP contribution is -1.73. The summed E-state index contributed by atoms with van der Waals surface area (Å²) in [6.45, 7) is 6.62. The highest BCUT2D eigenvalue weighted by Gasteiger charge is 1.88. The van der Waals surface area contributed by atoms with Crippen LogP contribution in [0.2, 0.25) is 0 Å². The molecule has 2 heteroatoms. The molecule has 0 aliphatic rings. The molecule has 0 saturated heterocycles. The summed E-state index contributed by atoms with van der Waals surface area (Å²) in [6.07, 6.45) is 2.60. The molecule has 0 bridgehead atoms. The van der Waals surface area contributed by atoms with Crippen LogP contribution in [0.5, 0.6) is 0 Å². The molecule has 0 amide bonds. The van der Waals surface area contributed by atoms with Gasteiger partial charge >= 0.3 is 0 Å². The van der Waals surface area contributed by atoms with Crippen LogP contribution in [0.3, 0.4) is 0 Å². The highest BCUT2D eigenvalue weighted by atomic mass is 35.5. The molecule has 0 aliphatic heterocycles. The normalized spacial score (nSPS) is 12.1. The van der Waals surface area contributed by atoms with Gasteiger partial charge in [0.1, 0.15) is 5.76 Å². The Labute approximate surface area is 53.6 Å². The molecule has 0 aromatic rings. The van der Waals surface area contributed by atoms with Crippen molar-refractivity contribution in [3.63, 3.8) is 0 Å². The van der Waals surface area contributed by atoms with Crippen molar-refractivity contribution in [2.24, 2.45) is 0 Å². The minimum atomic E-state index is -0.0401. The molecule has 0 saturated carbocycles. The van der Waals surface area contributed by atoms with Gasteiger partial charge in [0.05, 0.1) is 5.03 Å². The fraction of sp³-hybridized carbons (Fsp3) is 0. The van der Waals surface area contributed by atoms with Gasteiger partial charge in [0.25, 0.3) is 0 Å². The molecule has 0 heterocycles. The van der Waals surface area contributed by atoms with Gasteiger partial charge in [0.15, 0.2) is 0 Å². The minimum absolute atomic E-state index is 0.0401. The van der Waals surface area contributed by atoms with E-state index in [4.69, 9.17) is 16.7 Å². The molecule has 0 atom stereocenters. The lowest BCUT2D eigenvalue weighted by molar-refractivity contribution is 0.431. The van der Waals surface area contributed by atoms with E-state index >= 15 is 0 Å². The van der Waals surface area contributed by atoms with Crippen molar-refractivity contribution in [2.75, 3.05) is 0 Å². The molecule has 0 aliphatic carbocycles. The van der Waals surface area contributed by atoms with Gasteiger partial charge in [-0.2, -0.15) is 0 Å². The molecule has 0 aromatic heterocycles. The van der Waals surface area contributed by atoms with Crippen LogP contribution in [0.25, 0.3) is 0 Å². The summed E-state index contributed by atoms with van der Waals surface area (Å²) in [7, 11) is 0.